The van der Waals surface area contributed by atoms with Crippen LogP contribution in [-0.2, 0) is 6.42 Å². The SMILES string of the molecule is CCc1ccc(N(C)CCC(N)c2ccccc2C)cc1. The second kappa shape index (κ2) is 7.28. The van der Waals surface area contributed by atoms with Crippen LogP contribution in [0.4, 0.5) is 5.69 Å². The van der Waals surface area contributed by atoms with Crippen molar-refractivity contribution >= 4 is 5.69 Å². The number of nitrogens with two attached hydrogens (primary N) is 1. The van der Waals surface area contributed by atoms with E-state index >= 15 is 0 Å². The first-order valence-corrected chi connectivity index (χ1v) is 7.73. The molecule has 0 aliphatic rings. The highest BCUT2D eigenvalue weighted by atomic mass is 15.1. The number of rotatable bonds is 6. The Balaban J connectivity index is 1.94. The molecule has 0 heterocycles. The highest BCUT2D eigenvalue weighted by Crippen LogP contribution is 2.20. The van der Waals surface area contributed by atoms with E-state index in [0.717, 1.165) is 19.4 Å². The van der Waals surface area contributed by atoms with Gasteiger partial charge in [-0.05, 0) is 48.6 Å². The molecule has 1 atom stereocenters. The maximum absolute atomic E-state index is 6.34. The van der Waals surface area contributed by atoms with Gasteiger partial charge in [-0.1, -0.05) is 43.3 Å². The lowest BCUT2D eigenvalue weighted by Crippen LogP contribution is -2.23. The summed E-state index contributed by atoms with van der Waals surface area (Å²) in [5, 5.41) is 0. The Morgan fingerprint density at radius 1 is 1.05 bits per heavy atom. The quantitative estimate of drug-likeness (QED) is 0.865. The third-order valence-electron chi connectivity index (χ3n) is 4.15. The molecule has 2 heteroatoms. The number of benzene rings is 2. The maximum Gasteiger partial charge on any atom is 0.0363 e. The van der Waals surface area contributed by atoms with Crippen molar-refractivity contribution in [3.8, 4) is 0 Å². The van der Waals surface area contributed by atoms with Gasteiger partial charge < -0.3 is 10.6 Å². The molecule has 2 rings (SSSR count). The smallest absolute Gasteiger partial charge is 0.0363 e. The molecule has 0 radical (unpaired) electrons. The van der Waals surface area contributed by atoms with Gasteiger partial charge in [0.15, 0.2) is 0 Å². The zero-order valence-corrected chi connectivity index (χ0v) is 13.3. The average Bonchev–Trinajstić information content (AvgIpc) is 2.52. The zero-order valence-electron chi connectivity index (χ0n) is 13.3. The van der Waals surface area contributed by atoms with Gasteiger partial charge in [0.05, 0.1) is 0 Å². The molecule has 2 aromatic carbocycles. The number of hydrogen-bond donors (Lipinski definition) is 1. The van der Waals surface area contributed by atoms with E-state index < -0.39 is 0 Å². The van der Waals surface area contributed by atoms with Crippen molar-refractivity contribution in [2.24, 2.45) is 5.73 Å². The van der Waals surface area contributed by atoms with Crippen LogP contribution >= 0.6 is 0 Å². The predicted octanol–water partition coefficient (Wildman–Crippen LogP) is 4.08. The van der Waals surface area contributed by atoms with Gasteiger partial charge in [0.25, 0.3) is 0 Å². The standard InChI is InChI=1S/C19H26N2/c1-4-16-9-11-17(12-10-16)21(3)14-13-19(20)18-8-6-5-7-15(18)2/h5-12,19H,4,13-14,20H2,1-3H3. The van der Waals surface area contributed by atoms with E-state index in [0.29, 0.717) is 0 Å². The lowest BCUT2D eigenvalue weighted by atomic mass is 9.99. The highest BCUT2D eigenvalue weighted by Gasteiger charge is 2.10. The Bertz CT molecular complexity index is 560. The fourth-order valence-electron chi connectivity index (χ4n) is 2.61. The zero-order chi connectivity index (χ0) is 15.2. The average molecular weight is 282 g/mol. The third-order valence-corrected chi connectivity index (χ3v) is 4.15. The van der Waals surface area contributed by atoms with Crippen LogP contribution < -0.4 is 10.6 Å². The summed E-state index contributed by atoms with van der Waals surface area (Å²) < 4.78 is 0. The summed E-state index contributed by atoms with van der Waals surface area (Å²) in [6.07, 6.45) is 2.04. The lowest BCUT2D eigenvalue weighted by Gasteiger charge is -2.22. The van der Waals surface area contributed by atoms with Crippen molar-refractivity contribution in [1.29, 1.82) is 0 Å². The number of hydrogen-bond acceptors (Lipinski definition) is 2. The number of aryl methyl sites for hydroxylation is 2. The Kier molecular flexibility index (Phi) is 5.40. The fraction of sp³-hybridized carbons (Fsp3) is 0.368. The van der Waals surface area contributed by atoms with Gasteiger partial charge in [0.1, 0.15) is 0 Å². The van der Waals surface area contributed by atoms with Crippen molar-refractivity contribution in [2.45, 2.75) is 32.7 Å². The van der Waals surface area contributed by atoms with E-state index in [1.54, 1.807) is 0 Å². The molecular formula is C19H26N2. The molecule has 0 aliphatic carbocycles. The summed E-state index contributed by atoms with van der Waals surface area (Å²) in [6.45, 7) is 5.27. The van der Waals surface area contributed by atoms with Crippen LogP contribution in [0.5, 0.6) is 0 Å². The minimum Gasteiger partial charge on any atom is -0.375 e. The van der Waals surface area contributed by atoms with Crippen molar-refractivity contribution in [3.05, 3.63) is 65.2 Å². The molecular weight excluding hydrogens is 256 g/mol. The highest BCUT2D eigenvalue weighted by molar-refractivity contribution is 5.46. The molecule has 112 valence electrons. The van der Waals surface area contributed by atoms with Gasteiger partial charge in [0.2, 0.25) is 0 Å². The van der Waals surface area contributed by atoms with Crippen LogP contribution in [0.2, 0.25) is 0 Å². The second-order valence-electron chi connectivity index (χ2n) is 5.69. The van der Waals surface area contributed by atoms with Crippen LogP contribution in [0.15, 0.2) is 48.5 Å². The van der Waals surface area contributed by atoms with Gasteiger partial charge >= 0.3 is 0 Å². The predicted molar refractivity (Wildman–Crippen MR) is 91.8 cm³/mol. The molecule has 0 saturated heterocycles. The summed E-state index contributed by atoms with van der Waals surface area (Å²) in [5.41, 5.74) is 11.5. The Morgan fingerprint density at radius 2 is 1.71 bits per heavy atom. The summed E-state index contributed by atoms with van der Waals surface area (Å²) in [4.78, 5) is 2.28. The molecule has 2 aromatic rings. The molecule has 0 bridgehead atoms. The molecule has 1 unspecified atom stereocenters. The van der Waals surface area contributed by atoms with E-state index in [-0.39, 0.29) is 6.04 Å². The van der Waals surface area contributed by atoms with Gasteiger partial charge in [-0.15, -0.1) is 0 Å². The van der Waals surface area contributed by atoms with E-state index in [4.69, 9.17) is 5.73 Å². The first kappa shape index (κ1) is 15.6. The topological polar surface area (TPSA) is 29.3 Å². The van der Waals surface area contributed by atoms with Crippen molar-refractivity contribution < 1.29 is 0 Å². The summed E-state index contributed by atoms with van der Waals surface area (Å²) in [7, 11) is 2.13. The molecule has 0 aliphatic heterocycles. The Hall–Kier alpha value is -1.80. The van der Waals surface area contributed by atoms with Gasteiger partial charge in [-0.25, -0.2) is 0 Å². The van der Waals surface area contributed by atoms with E-state index in [9.17, 15) is 0 Å². The fourth-order valence-corrected chi connectivity index (χ4v) is 2.61. The minimum absolute atomic E-state index is 0.101. The van der Waals surface area contributed by atoms with E-state index in [2.05, 4.69) is 74.3 Å². The van der Waals surface area contributed by atoms with Crippen LogP contribution in [0.1, 0.15) is 36.1 Å². The summed E-state index contributed by atoms with van der Waals surface area (Å²) >= 11 is 0. The maximum atomic E-state index is 6.34. The number of anilines is 1. The molecule has 2 nitrogen and oxygen atoms in total. The van der Waals surface area contributed by atoms with Gasteiger partial charge in [-0.3, -0.25) is 0 Å². The molecule has 0 amide bonds. The minimum atomic E-state index is 0.101. The van der Waals surface area contributed by atoms with Crippen LogP contribution in [-0.4, -0.2) is 13.6 Å². The largest absolute Gasteiger partial charge is 0.375 e. The third kappa shape index (κ3) is 4.08. The molecule has 2 N–H and O–H groups in total. The number of nitrogens with zero attached hydrogens (tertiary/aromatic N) is 1. The normalized spacial score (nSPS) is 12.2. The van der Waals surface area contributed by atoms with E-state index in [1.165, 1.54) is 22.4 Å². The molecule has 0 saturated carbocycles. The Morgan fingerprint density at radius 3 is 2.33 bits per heavy atom. The molecule has 0 fully saturated rings. The van der Waals surface area contributed by atoms with Crippen LogP contribution in [0.3, 0.4) is 0 Å². The van der Waals surface area contributed by atoms with E-state index in [1.807, 2.05) is 0 Å². The first-order valence-electron chi connectivity index (χ1n) is 7.73. The van der Waals surface area contributed by atoms with Crippen LogP contribution in [0.25, 0.3) is 0 Å². The summed E-state index contributed by atoms with van der Waals surface area (Å²) in [5.74, 6) is 0. The molecule has 21 heavy (non-hydrogen) atoms. The molecule has 0 aromatic heterocycles. The second-order valence-corrected chi connectivity index (χ2v) is 5.69. The van der Waals surface area contributed by atoms with Crippen LogP contribution in [0, 0.1) is 6.92 Å². The van der Waals surface area contributed by atoms with Gasteiger partial charge in [-0.2, -0.15) is 0 Å². The van der Waals surface area contributed by atoms with Crippen molar-refractivity contribution in [3.63, 3.8) is 0 Å². The monoisotopic (exact) mass is 282 g/mol. The van der Waals surface area contributed by atoms with Crippen molar-refractivity contribution in [2.75, 3.05) is 18.5 Å². The lowest BCUT2D eigenvalue weighted by molar-refractivity contribution is 0.642. The van der Waals surface area contributed by atoms with Gasteiger partial charge in [0, 0.05) is 25.3 Å². The van der Waals surface area contributed by atoms with Crippen molar-refractivity contribution in [1.82, 2.24) is 0 Å². The first-order chi connectivity index (χ1) is 10.1. The Labute approximate surface area is 128 Å². The molecule has 0 spiro atoms. The summed E-state index contributed by atoms with van der Waals surface area (Å²) in [6, 6.07) is 17.3.